The second-order valence-corrected chi connectivity index (χ2v) is 4.68. The molecule has 0 heterocycles. The van der Waals surface area contributed by atoms with Gasteiger partial charge in [-0.3, -0.25) is 4.79 Å². The van der Waals surface area contributed by atoms with Crippen LogP contribution in [-0.2, 0) is 0 Å². The van der Waals surface area contributed by atoms with Crippen LogP contribution in [0.1, 0.15) is 42.6 Å². The van der Waals surface area contributed by atoms with E-state index in [1.54, 1.807) is 6.92 Å². The van der Waals surface area contributed by atoms with Gasteiger partial charge in [-0.15, -0.1) is 5.92 Å². The summed E-state index contributed by atoms with van der Waals surface area (Å²) in [5.41, 5.74) is 1.69. The zero-order valence-corrected chi connectivity index (χ0v) is 11.2. The van der Waals surface area contributed by atoms with Gasteiger partial charge in [-0.1, -0.05) is 47.3 Å². The van der Waals surface area contributed by atoms with Crippen LogP contribution >= 0.6 is 15.9 Å². The number of benzene rings is 1. The molecule has 0 bridgehead atoms. The van der Waals surface area contributed by atoms with Gasteiger partial charge >= 0.3 is 0 Å². The zero-order valence-electron chi connectivity index (χ0n) is 9.59. The maximum Gasteiger partial charge on any atom is 0.176 e. The summed E-state index contributed by atoms with van der Waals surface area (Å²) in [7, 11) is 0. The Hall–Kier alpha value is -1.07. The first kappa shape index (κ1) is 13.0. The average molecular weight is 279 g/mol. The Morgan fingerprint density at radius 3 is 2.50 bits per heavy atom. The van der Waals surface area contributed by atoms with Crippen molar-refractivity contribution in [1.29, 1.82) is 0 Å². The van der Waals surface area contributed by atoms with Gasteiger partial charge < -0.3 is 0 Å². The summed E-state index contributed by atoms with van der Waals surface area (Å²) in [4.78, 5) is 11.9. The van der Waals surface area contributed by atoms with Crippen LogP contribution in [0, 0.1) is 11.8 Å². The number of Topliss-reactive ketones (excluding diaryl/α,β-unsaturated/α-hetero) is 1. The minimum Gasteiger partial charge on any atom is -0.293 e. The van der Waals surface area contributed by atoms with E-state index < -0.39 is 0 Å². The SMILES string of the molecule is CC#Cc1ccc(C(=O)C(Br)CCC)cc1. The fraction of sp³-hybridized carbons (Fsp3) is 0.357. The van der Waals surface area contributed by atoms with Crippen molar-refractivity contribution in [1.82, 2.24) is 0 Å². The molecule has 2 heteroatoms. The maximum absolute atomic E-state index is 11.9. The van der Waals surface area contributed by atoms with Crippen LogP contribution < -0.4 is 0 Å². The molecule has 0 saturated carbocycles. The Labute approximate surface area is 105 Å². The van der Waals surface area contributed by atoms with E-state index in [4.69, 9.17) is 0 Å². The summed E-state index contributed by atoms with van der Waals surface area (Å²) in [5.74, 6) is 5.94. The van der Waals surface area contributed by atoms with Gasteiger partial charge in [0.05, 0.1) is 4.83 Å². The van der Waals surface area contributed by atoms with E-state index in [0.29, 0.717) is 0 Å². The Bertz CT molecular complexity index is 409. The minimum absolute atomic E-state index is 0.0689. The van der Waals surface area contributed by atoms with Crippen molar-refractivity contribution in [2.75, 3.05) is 0 Å². The van der Waals surface area contributed by atoms with Crippen molar-refractivity contribution in [3.8, 4) is 11.8 Å². The summed E-state index contributed by atoms with van der Waals surface area (Å²) < 4.78 is 0. The van der Waals surface area contributed by atoms with Gasteiger partial charge in [0, 0.05) is 11.1 Å². The first-order valence-electron chi connectivity index (χ1n) is 5.40. The lowest BCUT2D eigenvalue weighted by atomic mass is 10.0. The molecule has 1 aromatic rings. The topological polar surface area (TPSA) is 17.1 Å². The van der Waals surface area contributed by atoms with E-state index in [-0.39, 0.29) is 10.6 Å². The first-order chi connectivity index (χ1) is 7.69. The molecular formula is C14H15BrO. The van der Waals surface area contributed by atoms with Crippen LogP contribution in [0.3, 0.4) is 0 Å². The van der Waals surface area contributed by atoms with Crippen molar-refractivity contribution in [2.45, 2.75) is 31.5 Å². The Balaban J connectivity index is 2.80. The van der Waals surface area contributed by atoms with E-state index in [2.05, 4.69) is 34.7 Å². The molecule has 0 fully saturated rings. The first-order valence-corrected chi connectivity index (χ1v) is 6.31. The fourth-order valence-electron chi connectivity index (χ4n) is 1.43. The van der Waals surface area contributed by atoms with Gasteiger partial charge in [-0.25, -0.2) is 0 Å². The van der Waals surface area contributed by atoms with Crippen molar-refractivity contribution >= 4 is 21.7 Å². The molecule has 0 aliphatic heterocycles. The molecule has 0 amide bonds. The number of alkyl halides is 1. The Morgan fingerprint density at radius 2 is 2.00 bits per heavy atom. The number of halogens is 1. The quantitative estimate of drug-likeness (QED) is 0.465. The molecule has 16 heavy (non-hydrogen) atoms. The molecule has 0 aliphatic carbocycles. The Morgan fingerprint density at radius 1 is 1.38 bits per heavy atom. The van der Waals surface area contributed by atoms with E-state index in [1.165, 1.54) is 0 Å². The van der Waals surface area contributed by atoms with Gasteiger partial charge in [0.25, 0.3) is 0 Å². The van der Waals surface area contributed by atoms with E-state index >= 15 is 0 Å². The molecule has 1 rings (SSSR count). The fourth-order valence-corrected chi connectivity index (χ4v) is 2.15. The predicted octanol–water partition coefficient (Wildman–Crippen LogP) is 3.80. The van der Waals surface area contributed by atoms with E-state index in [1.807, 2.05) is 24.3 Å². The minimum atomic E-state index is -0.0689. The normalized spacial score (nSPS) is 11.4. The van der Waals surface area contributed by atoms with Gasteiger partial charge in [0.15, 0.2) is 5.78 Å². The lowest BCUT2D eigenvalue weighted by Gasteiger charge is -2.07. The second-order valence-electron chi connectivity index (χ2n) is 3.57. The number of hydrogen-bond donors (Lipinski definition) is 0. The summed E-state index contributed by atoms with van der Waals surface area (Å²) in [6, 6.07) is 7.45. The van der Waals surface area contributed by atoms with Crippen molar-refractivity contribution in [2.24, 2.45) is 0 Å². The van der Waals surface area contributed by atoms with Crippen molar-refractivity contribution < 1.29 is 4.79 Å². The van der Waals surface area contributed by atoms with Crippen LogP contribution in [0.15, 0.2) is 24.3 Å². The number of hydrogen-bond acceptors (Lipinski definition) is 1. The van der Waals surface area contributed by atoms with Crippen molar-refractivity contribution in [3.63, 3.8) is 0 Å². The van der Waals surface area contributed by atoms with Crippen LogP contribution in [0.25, 0.3) is 0 Å². The lowest BCUT2D eigenvalue weighted by Crippen LogP contribution is -2.13. The van der Waals surface area contributed by atoms with Gasteiger partial charge in [-0.2, -0.15) is 0 Å². The van der Waals surface area contributed by atoms with Gasteiger partial charge in [0.2, 0.25) is 0 Å². The monoisotopic (exact) mass is 278 g/mol. The number of carbonyl (C=O) groups is 1. The highest BCUT2D eigenvalue weighted by molar-refractivity contribution is 9.10. The summed E-state index contributed by atoms with van der Waals surface area (Å²) >= 11 is 3.41. The van der Waals surface area contributed by atoms with E-state index in [0.717, 1.165) is 24.0 Å². The molecule has 1 nitrogen and oxygen atoms in total. The standard InChI is InChI=1S/C14H15BrO/c1-3-5-11-7-9-12(10-8-11)14(16)13(15)6-4-2/h7-10,13H,4,6H2,1-2H3. The molecular weight excluding hydrogens is 264 g/mol. The van der Waals surface area contributed by atoms with Crippen LogP contribution in [-0.4, -0.2) is 10.6 Å². The highest BCUT2D eigenvalue weighted by atomic mass is 79.9. The van der Waals surface area contributed by atoms with Crippen LogP contribution in [0.5, 0.6) is 0 Å². The number of carbonyl (C=O) groups excluding carboxylic acids is 1. The molecule has 0 radical (unpaired) electrons. The van der Waals surface area contributed by atoms with Crippen molar-refractivity contribution in [3.05, 3.63) is 35.4 Å². The molecule has 0 N–H and O–H groups in total. The van der Waals surface area contributed by atoms with Crippen LogP contribution in [0.2, 0.25) is 0 Å². The maximum atomic E-state index is 11.9. The third-order valence-corrected chi connectivity index (χ3v) is 3.14. The van der Waals surface area contributed by atoms with Gasteiger partial charge in [-0.05, 0) is 25.5 Å². The number of ketones is 1. The molecule has 1 atom stereocenters. The summed E-state index contributed by atoms with van der Waals surface area (Å²) in [6.45, 7) is 3.87. The molecule has 84 valence electrons. The molecule has 1 unspecified atom stereocenters. The molecule has 1 aromatic carbocycles. The highest BCUT2D eigenvalue weighted by Gasteiger charge is 2.15. The largest absolute Gasteiger partial charge is 0.293 e. The molecule has 0 aliphatic rings. The average Bonchev–Trinajstić information content (AvgIpc) is 2.30. The lowest BCUT2D eigenvalue weighted by molar-refractivity contribution is 0.0988. The summed E-state index contributed by atoms with van der Waals surface area (Å²) in [5, 5.41) is 0. The third kappa shape index (κ3) is 3.50. The zero-order chi connectivity index (χ0) is 12.0. The predicted molar refractivity (Wildman–Crippen MR) is 70.9 cm³/mol. The molecule has 0 aromatic heterocycles. The highest BCUT2D eigenvalue weighted by Crippen LogP contribution is 2.15. The third-order valence-electron chi connectivity index (χ3n) is 2.27. The molecule has 0 saturated heterocycles. The van der Waals surface area contributed by atoms with E-state index in [9.17, 15) is 4.79 Å². The second kappa shape index (κ2) is 6.50. The summed E-state index contributed by atoms with van der Waals surface area (Å²) in [6.07, 6.45) is 1.87. The number of rotatable bonds is 4. The van der Waals surface area contributed by atoms with Gasteiger partial charge in [0.1, 0.15) is 0 Å². The Kier molecular flexibility index (Phi) is 5.28. The molecule has 0 spiro atoms. The smallest absolute Gasteiger partial charge is 0.176 e. The van der Waals surface area contributed by atoms with Crippen LogP contribution in [0.4, 0.5) is 0 Å².